The van der Waals surface area contributed by atoms with Crippen LogP contribution in [0.5, 0.6) is 0 Å². The number of aliphatic hydroxyl groups excluding tert-OH is 2. The van der Waals surface area contributed by atoms with E-state index in [0.717, 1.165) is 161 Å². The summed E-state index contributed by atoms with van der Waals surface area (Å²) in [5.41, 5.74) is 0. The van der Waals surface area contributed by atoms with Crippen LogP contribution < -0.4 is 0 Å². The third-order valence-corrected chi connectivity index (χ3v) is 17.5. The molecule has 0 aromatic rings. The van der Waals surface area contributed by atoms with Crippen molar-refractivity contribution in [2.45, 2.75) is 296 Å². The van der Waals surface area contributed by atoms with Gasteiger partial charge in [0.05, 0.1) is 26.4 Å². The van der Waals surface area contributed by atoms with Gasteiger partial charge in [-0.1, -0.05) is 293 Å². The van der Waals surface area contributed by atoms with Crippen LogP contribution >= 0.6 is 15.6 Å². The van der Waals surface area contributed by atoms with Gasteiger partial charge in [-0.2, -0.15) is 0 Å². The number of phosphoric ester groups is 2. The number of carbonyl (C=O) groups excluding carboxylic acids is 3. The van der Waals surface area contributed by atoms with E-state index in [1.807, 2.05) is 18.2 Å². The summed E-state index contributed by atoms with van der Waals surface area (Å²) in [5.74, 6) is -1.70. The fourth-order valence-corrected chi connectivity index (χ4v) is 11.3. The summed E-state index contributed by atoms with van der Waals surface area (Å²) in [7, 11) is -9.83. The topological polar surface area (TPSA) is 231 Å². The molecule has 4 N–H and O–H groups in total. The van der Waals surface area contributed by atoms with Crippen LogP contribution in [0, 0.1) is 0 Å². The van der Waals surface area contributed by atoms with Gasteiger partial charge < -0.3 is 34.2 Å². The zero-order valence-electron chi connectivity index (χ0n) is 63.7. The van der Waals surface area contributed by atoms with Crippen molar-refractivity contribution in [1.82, 2.24) is 0 Å². The van der Waals surface area contributed by atoms with Crippen molar-refractivity contribution in [3.8, 4) is 0 Å². The first kappa shape index (κ1) is 97.7. The van der Waals surface area contributed by atoms with E-state index < -0.39 is 91.5 Å². The summed E-state index contributed by atoms with van der Waals surface area (Å²) in [6.07, 6.45) is 98.0. The molecule has 0 aliphatic heterocycles. The third-order valence-electron chi connectivity index (χ3n) is 15.6. The Kier molecular flexibility index (Phi) is 72.3. The van der Waals surface area contributed by atoms with Gasteiger partial charge >= 0.3 is 33.6 Å². The lowest BCUT2D eigenvalue weighted by Crippen LogP contribution is -2.30. The van der Waals surface area contributed by atoms with E-state index in [0.29, 0.717) is 25.7 Å². The summed E-state index contributed by atoms with van der Waals surface area (Å²) < 4.78 is 61.0. The maximum Gasteiger partial charge on any atom is 0.472 e. The molecule has 0 aliphatic rings. The first-order chi connectivity index (χ1) is 50.2. The van der Waals surface area contributed by atoms with Crippen molar-refractivity contribution in [2.24, 2.45) is 0 Å². The second-order valence-corrected chi connectivity index (χ2v) is 28.3. The van der Waals surface area contributed by atoms with Crippen LogP contribution in [0.1, 0.15) is 278 Å². The summed E-state index contributed by atoms with van der Waals surface area (Å²) >= 11 is 0. The highest BCUT2D eigenvalue weighted by atomic mass is 31.2. The van der Waals surface area contributed by atoms with E-state index in [1.54, 1.807) is 0 Å². The molecule has 0 rings (SSSR count). The van der Waals surface area contributed by atoms with E-state index in [-0.39, 0.29) is 19.3 Å². The fraction of sp³-hybridized carbons (Fsp3) is 0.612. The van der Waals surface area contributed by atoms with Crippen LogP contribution in [-0.2, 0) is 55.8 Å². The van der Waals surface area contributed by atoms with Crippen molar-refractivity contribution < 1.29 is 75.8 Å². The maximum atomic E-state index is 13.0. The average Bonchev–Trinajstić information content (AvgIpc) is 0.918. The van der Waals surface area contributed by atoms with E-state index in [9.17, 15) is 43.5 Å². The molecule has 0 aromatic heterocycles. The van der Waals surface area contributed by atoms with Gasteiger partial charge in [-0.3, -0.25) is 32.5 Å². The third kappa shape index (κ3) is 77.6. The van der Waals surface area contributed by atoms with Crippen molar-refractivity contribution in [3.63, 3.8) is 0 Å². The molecule has 0 aliphatic carbocycles. The first-order valence-electron chi connectivity index (χ1n) is 39.1. The molecular weight excluding hydrogens is 1340 g/mol. The molecule has 103 heavy (non-hydrogen) atoms. The van der Waals surface area contributed by atoms with Gasteiger partial charge in [0.1, 0.15) is 25.4 Å². The van der Waals surface area contributed by atoms with E-state index in [2.05, 4.69) is 185 Å². The van der Waals surface area contributed by atoms with Gasteiger partial charge in [-0.25, -0.2) is 9.13 Å². The summed E-state index contributed by atoms with van der Waals surface area (Å²) in [6, 6.07) is 0. The zero-order chi connectivity index (χ0) is 75.2. The lowest BCUT2D eigenvalue weighted by molar-refractivity contribution is -0.161. The second-order valence-electron chi connectivity index (χ2n) is 25.4. The van der Waals surface area contributed by atoms with Crippen molar-refractivity contribution >= 4 is 33.6 Å². The molecule has 0 aromatic carbocycles. The Bertz CT molecular complexity index is 2600. The maximum absolute atomic E-state index is 13.0. The molecule has 0 saturated carbocycles. The molecule has 0 saturated heterocycles. The number of unbranched alkanes of at least 4 members (excludes halogenated alkanes) is 19. The van der Waals surface area contributed by atoms with E-state index in [4.69, 9.17) is 32.3 Å². The summed E-state index contributed by atoms with van der Waals surface area (Å²) in [6.45, 7) is 2.30. The summed E-state index contributed by atoms with van der Waals surface area (Å²) in [5, 5.41) is 20.6. The zero-order valence-corrected chi connectivity index (χ0v) is 65.5. The van der Waals surface area contributed by atoms with Crippen LogP contribution in [0.15, 0.2) is 182 Å². The molecule has 0 radical (unpaired) electrons. The van der Waals surface area contributed by atoms with Crippen LogP contribution in [0.4, 0.5) is 0 Å². The largest absolute Gasteiger partial charge is 0.472 e. The lowest BCUT2D eigenvalue weighted by atomic mass is 10.1. The van der Waals surface area contributed by atoms with E-state index in [1.165, 1.54) is 51.4 Å². The minimum Gasteiger partial charge on any atom is -0.463 e. The number of ether oxygens (including phenoxy) is 3. The highest BCUT2D eigenvalue weighted by Crippen LogP contribution is 2.45. The fourth-order valence-electron chi connectivity index (χ4n) is 9.72. The predicted molar refractivity (Wildman–Crippen MR) is 426 cm³/mol. The Hall–Kier alpha value is -5.35. The Labute approximate surface area is 624 Å². The normalized spacial score (nSPS) is 15.0. The minimum atomic E-state index is -4.96. The molecular formula is C85H138O16P2. The highest BCUT2D eigenvalue weighted by Gasteiger charge is 2.29. The van der Waals surface area contributed by atoms with Gasteiger partial charge in [0.25, 0.3) is 0 Å². The van der Waals surface area contributed by atoms with Crippen molar-refractivity contribution in [3.05, 3.63) is 182 Å². The number of phosphoric acid groups is 2. The molecule has 0 heterocycles. The molecule has 0 fully saturated rings. The Balaban J connectivity index is 4.67. The smallest absolute Gasteiger partial charge is 0.463 e. The Morgan fingerprint density at radius 1 is 0.282 bits per heavy atom. The Morgan fingerprint density at radius 2 is 0.534 bits per heavy atom. The molecule has 5 unspecified atom stereocenters. The highest BCUT2D eigenvalue weighted by molar-refractivity contribution is 7.47. The number of hydrogen-bond acceptors (Lipinski definition) is 14. The number of esters is 3. The lowest BCUT2D eigenvalue weighted by Gasteiger charge is -2.21. The number of rotatable bonds is 72. The standard InChI is InChI=1S/C85H138O16P2/c1-4-7-10-13-16-19-22-25-28-31-34-35-36-37-38-39-40-41-42-43-46-48-50-53-56-59-62-65-68-71-83(88)95-74-80(86)75-97-102(91,92)98-76-81(87)77-99-103(93,94)100-79-82(101-85(90)73-70-67-64-61-58-55-52-49-45-33-30-27-24-21-18-15-12-9-6-3)78-96-84(89)72-69-66-63-60-57-54-51-47-44-32-29-26-23-20-17-14-11-8-5-2/h7-8,10-11,16-21,25-30,34-35,37-38,40-41,44-45,47,49,54,57,63,66,80-82,86-87H,4-6,9,12-15,22-24,31-33,36,39,42-43,46,48,50-53,55-56,58-62,64-65,67-79H2,1-3H3,(H,91,92)(H,93,94)/b10-7-,11-8-,19-16-,20-17-,21-18-,28-25-,29-26-,30-27-,35-34-,38-37-,41-40-,47-44-,49-45-,57-54-,66-63-. The number of carbonyl (C=O) groups is 3. The summed E-state index contributed by atoms with van der Waals surface area (Å²) in [4.78, 5) is 58.6. The first-order valence-corrected chi connectivity index (χ1v) is 42.1. The van der Waals surface area contributed by atoms with Gasteiger partial charge in [0.2, 0.25) is 0 Å². The van der Waals surface area contributed by atoms with Gasteiger partial charge in [-0.15, -0.1) is 0 Å². The molecule has 5 atom stereocenters. The molecule has 0 bridgehead atoms. The van der Waals surface area contributed by atoms with Crippen LogP contribution in [-0.4, -0.2) is 95.9 Å². The molecule has 584 valence electrons. The molecule has 0 amide bonds. The average molecular weight is 1480 g/mol. The van der Waals surface area contributed by atoms with E-state index >= 15 is 0 Å². The number of hydrogen-bond donors (Lipinski definition) is 4. The SMILES string of the molecule is CC/C=C\C/C=C\C/C=C\C/C=C\C/C=C\C/C=C\CCCCCCCCCCCCC(=O)OCC(O)COP(=O)(O)OCC(O)COP(=O)(O)OCC(COC(=O)CC/C=C\C/C=C\C/C=C\C/C=C\C/C=C\C/C=C\CC)OC(=O)CCCCCCCC/C=C\C/C=C\C/C=C\CCCCC. The van der Waals surface area contributed by atoms with Crippen molar-refractivity contribution in [1.29, 1.82) is 0 Å². The van der Waals surface area contributed by atoms with Crippen molar-refractivity contribution in [2.75, 3.05) is 39.6 Å². The predicted octanol–water partition coefficient (Wildman–Crippen LogP) is 23.0. The molecule has 18 heteroatoms. The minimum absolute atomic E-state index is 0.0358. The van der Waals surface area contributed by atoms with Gasteiger partial charge in [0, 0.05) is 19.3 Å². The van der Waals surface area contributed by atoms with Crippen LogP contribution in [0.25, 0.3) is 0 Å². The van der Waals surface area contributed by atoms with Crippen LogP contribution in [0.3, 0.4) is 0 Å². The van der Waals surface area contributed by atoms with Crippen LogP contribution in [0.2, 0.25) is 0 Å². The second kappa shape index (κ2) is 76.3. The Morgan fingerprint density at radius 3 is 0.874 bits per heavy atom. The van der Waals surface area contributed by atoms with Gasteiger partial charge in [-0.05, 0) is 148 Å². The quantitative estimate of drug-likeness (QED) is 0.0146. The van der Waals surface area contributed by atoms with Gasteiger partial charge in [0.15, 0.2) is 6.10 Å². The monoisotopic (exact) mass is 1480 g/mol. The number of aliphatic hydroxyl groups is 2. The molecule has 16 nitrogen and oxygen atoms in total. The number of allylic oxidation sites excluding steroid dienone is 30. The molecule has 0 spiro atoms.